The largest absolute Gasteiger partial charge is 0.493 e. The zero-order valence-electron chi connectivity index (χ0n) is 19.8. The maximum atomic E-state index is 12.3. The van der Waals surface area contributed by atoms with Crippen molar-refractivity contribution in [1.29, 1.82) is 0 Å². The van der Waals surface area contributed by atoms with Gasteiger partial charge in [-0.2, -0.15) is 0 Å². The molecule has 0 unspecified atom stereocenters. The molecule has 4 rings (SSSR count). The average Bonchev–Trinajstić information content (AvgIpc) is 3.26. The average molecular weight is 479 g/mol. The van der Waals surface area contributed by atoms with Crippen molar-refractivity contribution in [3.63, 3.8) is 0 Å². The number of rotatable bonds is 11. The van der Waals surface area contributed by atoms with E-state index in [0.717, 1.165) is 30.6 Å². The predicted octanol–water partition coefficient (Wildman–Crippen LogP) is 4.37. The summed E-state index contributed by atoms with van der Waals surface area (Å²) in [6.45, 7) is 2.53. The molecule has 4 aromatic rings. The van der Waals surface area contributed by atoms with Gasteiger partial charge in [0.05, 0.1) is 30.2 Å². The molecule has 0 fully saturated rings. The molecule has 182 valence electrons. The van der Waals surface area contributed by atoms with Gasteiger partial charge in [0, 0.05) is 42.8 Å². The zero-order chi connectivity index (χ0) is 24.9. The third-order valence-corrected chi connectivity index (χ3v) is 5.76. The number of benzene rings is 2. The van der Waals surface area contributed by atoms with Gasteiger partial charge < -0.3 is 14.8 Å². The Hall–Kier alpha value is -4.28. The van der Waals surface area contributed by atoms with E-state index in [2.05, 4.69) is 15.5 Å². The van der Waals surface area contributed by atoms with Crippen molar-refractivity contribution in [2.45, 2.75) is 32.6 Å². The van der Waals surface area contributed by atoms with Gasteiger partial charge in [-0.05, 0) is 31.9 Å². The Kier molecular flexibility index (Phi) is 7.04. The molecule has 0 atom stereocenters. The van der Waals surface area contributed by atoms with Crippen LogP contribution >= 0.6 is 0 Å². The van der Waals surface area contributed by atoms with Gasteiger partial charge in [-0.1, -0.05) is 6.42 Å². The number of methoxy groups -OCH3 is 2. The normalized spacial score (nSPS) is 11.1. The van der Waals surface area contributed by atoms with E-state index in [4.69, 9.17) is 14.5 Å². The molecule has 1 N–H and O–H groups in total. The standard InChI is InChI=1S/C24H26N6O5/c1-15-27-28-24-23(26-18-13-21(34-2)22(35-3)14-19(18)29(15)24)25-12-6-4-5-7-20(31)16-8-10-17(11-9-16)30(32)33/h8-11,13-14H,4-7,12H2,1-3H3,(H,25,26). The van der Waals surface area contributed by atoms with E-state index < -0.39 is 4.92 Å². The molecule has 0 saturated carbocycles. The minimum atomic E-state index is -0.479. The lowest BCUT2D eigenvalue weighted by molar-refractivity contribution is -0.384. The summed E-state index contributed by atoms with van der Waals surface area (Å²) in [6, 6.07) is 9.39. The molecule has 0 aliphatic rings. The van der Waals surface area contributed by atoms with Crippen molar-refractivity contribution in [2.24, 2.45) is 0 Å². The Balaban J connectivity index is 1.37. The Morgan fingerprint density at radius 3 is 2.46 bits per heavy atom. The molecule has 35 heavy (non-hydrogen) atoms. The minimum Gasteiger partial charge on any atom is -0.493 e. The summed E-state index contributed by atoms with van der Waals surface area (Å²) in [4.78, 5) is 27.3. The van der Waals surface area contributed by atoms with E-state index in [0.29, 0.717) is 47.0 Å². The minimum absolute atomic E-state index is 0.0194. The monoisotopic (exact) mass is 478 g/mol. The Morgan fingerprint density at radius 2 is 1.77 bits per heavy atom. The van der Waals surface area contributed by atoms with Crippen LogP contribution in [0.3, 0.4) is 0 Å². The number of hydrogen-bond acceptors (Lipinski definition) is 9. The number of carbonyl (C=O) groups is 1. The first kappa shape index (κ1) is 23.9. The molecule has 0 aliphatic heterocycles. The maximum Gasteiger partial charge on any atom is 0.269 e. The molecule has 0 aliphatic carbocycles. The molecule has 0 bridgehead atoms. The number of carbonyl (C=O) groups excluding carboxylic acids is 1. The first-order valence-corrected chi connectivity index (χ1v) is 11.2. The summed E-state index contributed by atoms with van der Waals surface area (Å²) in [5.74, 6) is 2.51. The van der Waals surface area contributed by atoms with Crippen LogP contribution < -0.4 is 14.8 Å². The van der Waals surface area contributed by atoms with E-state index >= 15 is 0 Å². The Bertz CT molecular complexity index is 1380. The molecule has 11 nitrogen and oxygen atoms in total. The highest BCUT2D eigenvalue weighted by molar-refractivity contribution is 5.96. The molecule has 2 heterocycles. The fourth-order valence-electron chi connectivity index (χ4n) is 3.93. The lowest BCUT2D eigenvalue weighted by Gasteiger charge is -2.13. The van der Waals surface area contributed by atoms with Gasteiger partial charge in [0.2, 0.25) is 5.65 Å². The van der Waals surface area contributed by atoms with Gasteiger partial charge in [-0.3, -0.25) is 19.3 Å². The molecule has 2 aromatic carbocycles. The lowest BCUT2D eigenvalue weighted by atomic mass is 10.0. The van der Waals surface area contributed by atoms with Crippen molar-refractivity contribution in [3.05, 3.63) is 57.9 Å². The summed E-state index contributed by atoms with van der Waals surface area (Å²) >= 11 is 0. The lowest BCUT2D eigenvalue weighted by Crippen LogP contribution is -2.07. The van der Waals surface area contributed by atoms with Gasteiger partial charge in [-0.15, -0.1) is 10.2 Å². The van der Waals surface area contributed by atoms with E-state index in [1.54, 1.807) is 14.2 Å². The number of nitro groups is 1. The van der Waals surface area contributed by atoms with Crippen LogP contribution in [0.25, 0.3) is 16.7 Å². The van der Waals surface area contributed by atoms with Crippen LogP contribution in [-0.4, -0.2) is 51.1 Å². The first-order valence-electron chi connectivity index (χ1n) is 11.2. The number of ketones is 1. The number of anilines is 1. The number of hydrogen-bond donors (Lipinski definition) is 1. The van der Waals surface area contributed by atoms with Crippen molar-refractivity contribution in [2.75, 3.05) is 26.1 Å². The highest BCUT2D eigenvalue weighted by Crippen LogP contribution is 2.33. The molecule has 0 spiro atoms. The number of nitrogens with one attached hydrogen (secondary N) is 1. The second kappa shape index (κ2) is 10.3. The van der Waals surface area contributed by atoms with E-state index in [1.165, 1.54) is 24.3 Å². The molecule has 0 radical (unpaired) electrons. The molecular weight excluding hydrogens is 452 g/mol. The van der Waals surface area contributed by atoms with E-state index in [-0.39, 0.29) is 11.5 Å². The third-order valence-electron chi connectivity index (χ3n) is 5.76. The van der Waals surface area contributed by atoms with Crippen molar-refractivity contribution in [1.82, 2.24) is 19.6 Å². The van der Waals surface area contributed by atoms with Gasteiger partial charge in [0.25, 0.3) is 5.69 Å². The molecule has 2 aromatic heterocycles. The quantitative estimate of drug-likeness (QED) is 0.144. The van der Waals surface area contributed by atoms with Crippen LogP contribution in [0.4, 0.5) is 11.5 Å². The van der Waals surface area contributed by atoms with Crippen molar-refractivity contribution < 1.29 is 19.2 Å². The number of non-ortho nitro benzene ring substituents is 1. The molecule has 0 amide bonds. The number of nitrogens with zero attached hydrogens (tertiary/aromatic N) is 5. The topological polar surface area (TPSA) is 134 Å². The Labute approximate surface area is 201 Å². The van der Waals surface area contributed by atoms with Crippen LogP contribution in [0.2, 0.25) is 0 Å². The molecular formula is C24H26N6O5. The highest BCUT2D eigenvalue weighted by atomic mass is 16.6. The summed E-state index contributed by atoms with van der Waals surface area (Å²) in [7, 11) is 3.17. The fourth-order valence-corrected chi connectivity index (χ4v) is 3.93. The number of fused-ring (bicyclic) bond motifs is 3. The van der Waals surface area contributed by atoms with Crippen LogP contribution in [0.5, 0.6) is 11.5 Å². The molecule has 0 saturated heterocycles. The second-order valence-electron chi connectivity index (χ2n) is 8.03. The maximum absolute atomic E-state index is 12.3. The van der Waals surface area contributed by atoms with Crippen LogP contribution in [0.15, 0.2) is 36.4 Å². The van der Waals surface area contributed by atoms with Crippen molar-refractivity contribution in [3.8, 4) is 11.5 Å². The SMILES string of the molecule is COc1cc2nc(NCCCCCC(=O)c3ccc([N+](=O)[O-])cc3)c3nnc(C)n3c2cc1OC. The summed E-state index contributed by atoms with van der Waals surface area (Å²) < 4.78 is 12.8. The second-order valence-corrected chi connectivity index (χ2v) is 8.03. The van der Waals surface area contributed by atoms with Gasteiger partial charge in [0.15, 0.2) is 23.1 Å². The number of aromatic nitrogens is 4. The van der Waals surface area contributed by atoms with Crippen LogP contribution in [-0.2, 0) is 0 Å². The smallest absolute Gasteiger partial charge is 0.269 e. The van der Waals surface area contributed by atoms with E-state index in [1.807, 2.05) is 23.5 Å². The van der Waals surface area contributed by atoms with Gasteiger partial charge in [-0.25, -0.2) is 4.98 Å². The number of ether oxygens (including phenoxy) is 2. The third kappa shape index (κ3) is 4.98. The Morgan fingerprint density at radius 1 is 1.06 bits per heavy atom. The highest BCUT2D eigenvalue weighted by Gasteiger charge is 2.16. The fraction of sp³-hybridized carbons (Fsp3) is 0.333. The predicted molar refractivity (Wildman–Crippen MR) is 131 cm³/mol. The summed E-state index contributed by atoms with van der Waals surface area (Å²) in [5, 5.41) is 22.6. The van der Waals surface area contributed by atoms with Crippen molar-refractivity contribution >= 4 is 34.0 Å². The first-order chi connectivity index (χ1) is 16.9. The number of aryl methyl sites for hydroxylation is 1. The van der Waals surface area contributed by atoms with E-state index in [9.17, 15) is 14.9 Å². The summed E-state index contributed by atoms with van der Waals surface area (Å²) in [6.07, 6.45) is 2.78. The van der Waals surface area contributed by atoms with Gasteiger partial charge >= 0.3 is 0 Å². The van der Waals surface area contributed by atoms with Gasteiger partial charge in [0.1, 0.15) is 5.82 Å². The summed E-state index contributed by atoms with van der Waals surface area (Å²) in [5.41, 5.74) is 2.62. The zero-order valence-corrected chi connectivity index (χ0v) is 19.8. The number of Topliss-reactive ketones (excluding diaryl/α,β-unsaturated/α-hetero) is 1. The van der Waals surface area contributed by atoms with Crippen LogP contribution in [0.1, 0.15) is 41.9 Å². The number of nitro benzene ring substituents is 1. The number of unbranched alkanes of at least 4 members (excludes halogenated alkanes) is 2. The molecule has 11 heteroatoms. The van der Waals surface area contributed by atoms with Crippen LogP contribution in [0, 0.1) is 17.0 Å².